The number of hydrogen-bond acceptors (Lipinski definition) is 1. The van der Waals surface area contributed by atoms with E-state index in [9.17, 15) is 0 Å². The summed E-state index contributed by atoms with van der Waals surface area (Å²) < 4.78 is 6.81. The highest BCUT2D eigenvalue weighted by molar-refractivity contribution is 14.1. The zero-order valence-corrected chi connectivity index (χ0v) is 14.4. The van der Waals surface area contributed by atoms with Gasteiger partial charge in [-0.05, 0) is 57.3 Å². The van der Waals surface area contributed by atoms with Crippen LogP contribution >= 0.6 is 38.5 Å². The third kappa shape index (κ3) is 2.60. The SMILES string of the molecule is Cc1cccc(C(Br)c2ccc3c(c2)COC3)c1I. The molecular weight excluding hydrogens is 415 g/mol. The second kappa shape index (κ2) is 5.54. The van der Waals surface area contributed by atoms with Crippen LogP contribution in [0.2, 0.25) is 0 Å². The number of benzene rings is 2. The lowest BCUT2D eigenvalue weighted by Gasteiger charge is -2.15. The highest BCUT2D eigenvalue weighted by Gasteiger charge is 2.18. The van der Waals surface area contributed by atoms with Gasteiger partial charge in [-0.1, -0.05) is 52.3 Å². The van der Waals surface area contributed by atoms with E-state index in [0.717, 1.165) is 13.2 Å². The summed E-state index contributed by atoms with van der Waals surface area (Å²) in [5.41, 5.74) is 6.60. The van der Waals surface area contributed by atoms with Gasteiger partial charge >= 0.3 is 0 Å². The number of fused-ring (bicyclic) bond motifs is 1. The molecular formula is C16H14BrIO. The molecule has 0 saturated carbocycles. The van der Waals surface area contributed by atoms with Crippen molar-refractivity contribution in [3.05, 3.63) is 67.8 Å². The predicted octanol–water partition coefficient (Wildman–Crippen LogP) is 5.11. The lowest BCUT2D eigenvalue weighted by Crippen LogP contribution is -1.98. The van der Waals surface area contributed by atoms with Crippen molar-refractivity contribution in [3.8, 4) is 0 Å². The largest absolute Gasteiger partial charge is 0.372 e. The Hall–Kier alpha value is -0.390. The van der Waals surface area contributed by atoms with Crippen LogP contribution in [0, 0.1) is 10.5 Å². The molecule has 1 nitrogen and oxygen atoms in total. The molecule has 98 valence electrons. The number of alkyl halides is 1. The van der Waals surface area contributed by atoms with Crippen molar-refractivity contribution in [2.45, 2.75) is 25.0 Å². The summed E-state index contributed by atoms with van der Waals surface area (Å²) in [6.45, 7) is 3.65. The minimum atomic E-state index is 0.241. The Balaban J connectivity index is 2.00. The van der Waals surface area contributed by atoms with Gasteiger partial charge in [-0.3, -0.25) is 0 Å². The summed E-state index contributed by atoms with van der Waals surface area (Å²) in [5.74, 6) is 0. The third-order valence-corrected chi connectivity index (χ3v) is 6.03. The minimum absolute atomic E-state index is 0.241. The average Bonchev–Trinajstić information content (AvgIpc) is 2.88. The van der Waals surface area contributed by atoms with Crippen LogP contribution in [-0.2, 0) is 18.0 Å². The Morgan fingerprint density at radius 2 is 1.95 bits per heavy atom. The molecule has 1 heterocycles. The van der Waals surface area contributed by atoms with Crippen LogP contribution < -0.4 is 0 Å². The van der Waals surface area contributed by atoms with Gasteiger partial charge in [0.25, 0.3) is 0 Å². The van der Waals surface area contributed by atoms with Gasteiger partial charge in [-0.25, -0.2) is 0 Å². The van der Waals surface area contributed by atoms with E-state index in [-0.39, 0.29) is 4.83 Å². The lowest BCUT2D eigenvalue weighted by molar-refractivity contribution is 0.134. The Kier molecular flexibility index (Phi) is 3.96. The minimum Gasteiger partial charge on any atom is -0.372 e. The van der Waals surface area contributed by atoms with Gasteiger partial charge in [0, 0.05) is 3.57 Å². The molecule has 3 rings (SSSR count). The fraction of sp³-hybridized carbons (Fsp3) is 0.250. The molecule has 0 bridgehead atoms. The van der Waals surface area contributed by atoms with Crippen LogP contribution in [-0.4, -0.2) is 0 Å². The molecule has 0 N–H and O–H groups in total. The maximum atomic E-state index is 5.48. The number of rotatable bonds is 2. The molecule has 1 atom stereocenters. The molecule has 0 fully saturated rings. The van der Waals surface area contributed by atoms with Gasteiger partial charge in [0.05, 0.1) is 18.0 Å². The van der Waals surface area contributed by atoms with E-state index in [1.54, 1.807) is 0 Å². The second-order valence-electron chi connectivity index (χ2n) is 4.86. The molecule has 1 aliphatic rings. The molecule has 2 aromatic rings. The van der Waals surface area contributed by atoms with Crippen molar-refractivity contribution in [1.82, 2.24) is 0 Å². The van der Waals surface area contributed by atoms with E-state index in [2.05, 4.69) is 81.8 Å². The summed E-state index contributed by atoms with van der Waals surface area (Å²) in [7, 11) is 0. The molecule has 0 aromatic heterocycles. The molecule has 1 unspecified atom stereocenters. The Morgan fingerprint density at radius 3 is 2.79 bits per heavy atom. The summed E-state index contributed by atoms with van der Waals surface area (Å²) in [4.78, 5) is 0.241. The highest BCUT2D eigenvalue weighted by Crippen LogP contribution is 2.36. The fourth-order valence-electron chi connectivity index (χ4n) is 2.40. The van der Waals surface area contributed by atoms with Crippen LogP contribution in [0.4, 0.5) is 0 Å². The van der Waals surface area contributed by atoms with Crippen LogP contribution in [0.25, 0.3) is 0 Å². The second-order valence-corrected chi connectivity index (χ2v) is 6.86. The van der Waals surface area contributed by atoms with Gasteiger partial charge in [0.1, 0.15) is 0 Å². The van der Waals surface area contributed by atoms with Crippen molar-refractivity contribution < 1.29 is 4.74 Å². The van der Waals surface area contributed by atoms with E-state index in [0.29, 0.717) is 0 Å². The average molecular weight is 429 g/mol. The van der Waals surface area contributed by atoms with Crippen molar-refractivity contribution in [2.24, 2.45) is 0 Å². The first-order chi connectivity index (χ1) is 9.16. The Labute approximate surface area is 135 Å². The van der Waals surface area contributed by atoms with Crippen LogP contribution in [0.5, 0.6) is 0 Å². The highest BCUT2D eigenvalue weighted by atomic mass is 127. The van der Waals surface area contributed by atoms with Gasteiger partial charge in [0.15, 0.2) is 0 Å². The van der Waals surface area contributed by atoms with Gasteiger partial charge in [-0.15, -0.1) is 0 Å². The summed E-state index contributed by atoms with van der Waals surface area (Å²) in [5, 5.41) is 0. The normalized spacial score (nSPS) is 15.3. The first-order valence-corrected chi connectivity index (χ1v) is 8.25. The van der Waals surface area contributed by atoms with Crippen LogP contribution in [0.15, 0.2) is 36.4 Å². The molecule has 0 saturated heterocycles. The molecule has 0 aliphatic carbocycles. The van der Waals surface area contributed by atoms with E-state index in [4.69, 9.17) is 4.74 Å². The maximum absolute atomic E-state index is 5.48. The van der Waals surface area contributed by atoms with E-state index in [1.807, 2.05) is 0 Å². The molecule has 0 spiro atoms. The van der Waals surface area contributed by atoms with E-state index in [1.165, 1.54) is 31.4 Å². The molecule has 0 radical (unpaired) electrons. The number of hydrogen-bond donors (Lipinski definition) is 0. The first-order valence-electron chi connectivity index (χ1n) is 6.25. The zero-order valence-electron chi connectivity index (χ0n) is 10.6. The van der Waals surface area contributed by atoms with Crippen LogP contribution in [0.3, 0.4) is 0 Å². The standard InChI is InChI=1S/C16H14BrIO/c1-10-3-2-4-14(16(10)18)15(17)11-5-6-12-8-19-9-13(12)7-11/h2-7,15H,8-9H2,1H3. The molecule has 2 aromatic carbocycles. The first kappa shape index (κ1) is 13.6. The van der Waals surface area contributed by atoms with Crippen molar-refractivity contribution in [1.29, 1.82) is 0 Å². The van der Waals surface area contributed by atoms with Crippen LogP contribution in [0.1, 0.15) is 32.6 Å². The van der Waals surface area contributed by atoms with Gasteiger partial charge in [0.2, 0.25) is 0 Å². The Bertz CT molecular complexity index is 624. The predicted molar refractivity (Wildman–Crippen MR) is 89.6 cm³/mol. The quantitative estimate of drug-likeness (QED) is 0.476. The van der Waals surface area contributed by atoms with Gasteiger partial charge in [-0.2, -0.15) is 0 Å². The summed E-state index contributed by atoms with van der Waals surface area (Å²) in [6, 6.07) is 13.1. The van der Waals surface area contributed by atoms with Crippen molar-refractivity contribution >= 4 is 38.5 Å². The molecule has 1 aliphatic heterocycles. The molecule has 3 heteroatoms. The molecule has 19 heavy (non-hydrogen) atoms. The van der Waals surface area contributed by atoms with Crippen molar-refractivity contribution in [2.75, 3.05) is 0 Å². The number of aryl methyl sites for hydroxylation is 1. The third-order valence-electron chi connectivity index (χ3n) is 3.53. The zero-order chi connectivity index (χ0) is 13.4. The summed E-state index contributed by atoms with van der Waals surface area (Å²) in [6.07, 6.45) is 0. The number of ether oxygens (including phenoxy) is 1. The lowest BCUT2D eigenvalue weighted by atomic mass is 9.99. The van der Waals surface area contributed by atoms with Crippen molar-refractivity contribution in [3.63, 3.8) is 0 Å². The maximum Gasteiger partial charge on any atom is 0.0725 e. The van der Waals surface area contributed by atoms with E-state index >= 15 is 0 Å². The topological polar surface area (TPSA) is 9.23 Å². The number of halogens is 2. The Morgan fingerprint density at radius 1 is 1.16 bits per heavy atom. The smallest absolute Gasteiger partial charge is 0.0725 e. The van der Waals surface area contributed by atoms with E-state index < -0.39 is 0 Å². The molecule has 0 amide bonds. The summed E-state index contributed by atoms with van der Waals surface area (Å²) >= 11 is 6.27. The fourth-order valence-corrected chi connectivity index (χ4v) is 4.16. The van der Waals surface area contributed by atoms with Gasteiger partial charge < -0.3 is 4.74 Å². The monoisotopic (exact) mass is 428 g/mol.